The zero-order valence-electron chi connectivity index (χ0n) is 16.7. The van der Waals surface area contributed by atoms with E-state index in [2.05, 4.69) is 41.4 Å². The molecular weight excluding hydrogens is 372 g/mol. The van der Waals surface area contributed by atoms with Crippen LogP contribution in [0.15, 0.2) is 29.1 Å². The van der Waals surface area contributed by atoms with Crippen molar-refractivity contribution in [1.82, 2.24) is 15.3 Å². The molecule has 0 unspecified atom stereocenters. The lowest BCUT2D eigenvalue weighted by Crippen LogP contribution is -2.18. The smallest absolute Gasteiger partial charge is 0.259 e. The number of anilines is 1. The Hall–Kier alpha value is -2.67. The molecule has 1 aromatic carbocycles. The number of H-pyrrole nitrogens is 1. The number of aromatic nitrogens is 2. The average molecular weight is 399 g/mol. The molecule has 0 spiro atoms. The topological polar surface area (TPSA) is 86.9 Å². The fourth-order valence-electron chi connectivity index (χ4n) is 3.14. The quantitative estimate of drug-likeness (QED) is 0.564. The molecule has 3 N–H and O–H groups in total. The van der Waals surface area contributed by atoms with Gasteiger partial charge in [0.2, 0.25) is 0 Å². The number of hydrogen-bond acceptors (Lipinski definition) is 5. The fourth-order valence-corrected chi connectivity index (χ4v) is 4.21. The van der Waals surface area contributed by atoms with Crippen molar-refractivity contribution in [3.05, 3.63) is 56.4 Å². The van der Waals surface area contributed by atoms with Crippen LogP contribution in [0.1, 0.15) is 46.9 Å². The lowest BCUT2D eigenvalue weighted by atomic mass is 9.98. The summed E-state index contributed by atoms with van der Waals surface area (Å²) in [6.07, 6.45) is 1.98. The molecule has 0 bridgehead atoms. The predicted octanol–water partition coefficient (Wildman–Crippen LogP) is 3.85. The molecule has 0 radical (unpaired) electrons. The average Bonchev–Trinajstić information content (AvgIpc) is 3.01. The number of rotatable bonds is 7. The van der Waals surface area contributed by atoms with E-state index in [9.17, 15) is 9.59 Å². The highest BCUT2D eigenvalue weighted by Crippen LogP contribution is 2.29. The van der Waals surface area contributed by atoms with Crippen LogP contribution in [0.25, 0.3) is 10.2 Å². The van der Waals surface area contributed by atoms with Gasteiger partial charge in [0, 0.05) is 23.2 Å². The van der Waals surface area contributed by atoms with E-state index in [4.69, 9.17) is 0 Å². The Bertz CT molecular complexity index is 1050. The van der Waals surface area contributed by atoms with Crippen molar-refractivity contribution in [1.29, 1.82) is 0 Å². The van der Waals surface area contributed by atoms with Gasteiger partial charge in [-0.15, -0.1) is 11.3 Å². The van der Waals surface area contributed by atoms with Crippen molar-refractivity contribution in [3.63, 3.8) is 0 Å². The zero-order valence-corrected chi connectivity index (χ0v) is 17.5. The van der Waals surface area contributed by atoms with Crippen LogP contribution >= 0.6 is 11.3 Å². The van der Waals surface area contributed by atoms with Crippen molar-refractivity contribution < 1.29 is 4.79 Å². The number of aromatic amines is 1. The molecule has 0 saturated heterocycles. The molecule has 2 aromatic heterocycles. The maximum atomic E-state index is 12.7. The van der Waals surface area contributed by atoms with Crippen LogP contribution in [0.5, 0.6) is 0 Å². The third-order valence-electron chi connectivity index (χ3n) is 4.97. The summed E-state index contributed by atoms with van der Waals surface area (Å²) in [5.41, 5.74) is 2.42. The number of aryl methyl sites for hydroxylation is 1. The Kier molecular flexibility index (Phi) is 6.14. The summed E-state index contributed by atoms with van der Waals surface area (Å²) in [7, 11) is 1.60. The van der Waals surface area contributed by atoms with Crippen LogP contribution < -0.4 is 16.2 Å². The van der Waals surface area contributed by atoms with Crippen LogP contribution in [0.3, 0.4) is 0 Å². The molecular formula is C21H26N4O2S. The Labute approximate surface area is 168 Å². The van der Waals surface area contributed by atoms with Crippen LogP contribution in [0, 0.1) is 12.8 Å². The monoisotopic (exact) mass is 398 g/mol. The molecule has 148 valence electrons. The second-order valence-corrected chi connectivity index (χ2v) is 8.26. The lowest BCUT2D eigenvalue weighted by Gasteiger charge is -2.09. The Morgan fingerprint density at radius 3 is 2.86 bits per heavy atom. The van der Waals surface area contributed by atoms with Gasteiger partial charge in [-0.3, -0.25) is 9.59 Å². The van der Waals surface area contributed by atoms with E-state index in [-0.39, 0.29) is 11.5 Å². The van der Waals surface area contributed by atoms with Gasteiger partial charge in [-0.05, 0) is 43.0 Å². The predicted molar refractivity (Wildman–Crippen MR) is 115 cm³/mol. The number of carbonyl (C=O) groups excluding carboxylic acids is 1. The Morgan fingerprint density at radius 1 is 1.36 bits per heavy atom. The largest absolute Gasteiger partial charge is 0.378 e. The van der Waals surface area contributed by atoms with Crippen LogP contribution in [-0.4, -0.2) is 22.9 Å². The SMILES string of the molecule is CC[C@H](C)Cc1c(C)sc2nc(CNc3cccc(C(=O)NC)c3)[nH]c(=O)c12. The highest BCUT2D eigenvalue weighted by Gasteiger charge is 2.16. The van der Waals surface area contributed by atoms with E-state index >= 15 is 0 Å². The third kappa shape index (κ3) is 4.25. The molecule has 7 heteroatoms. The molecule has 1 amide bonds. The highest BCUT2D eigenvalue weighted by molar-refractivity contribution is 7.18. The summed E-state index contributed by atoms with van der Waals surface area (Å²) in [6, 6.07) is 7.22. The number of hydrogen-bond donors (Lipinski definition) is 3. The minimum Gasteiger partial charge on any atom is -0.378 e. The van der Waals surface area contributed by atoms with Gasteiger partial charge in [0.15, 0.2) is 0 Å². The Morgan fingerprint density at radius 2 is 2.14 bits per heavy atom. The molecule has 0 fully saturated rings. The number of thiophene rings is 1. The van der Waals surface area contributed by atoms with Gasteiger partial charge < -0.3 is 15.6 Å². The second-order valence-electron chi connectivity index (χ2n) is 7.06. The maximum Gasteiger partial charge on any atom is 0.259 e. The Balaban J connectivity index is 1.83. The summed E-state index contributed by atoms with van der Waals surface area (Å²) in [5.74, 6) is 0.975. The van der Waals surface area contributed by atoms with Gasteiger partial charge in [0.25, 0.3) is 11.5 Å². The highest BCUT2D eigenvalue weighted by atomic mass is 32.1. The molecule has 1 atom stereocenters. The molecule has 0 aliphatic carbocycles. The first-order valence-electron chi connectivity index (χ1n) is 9.50. The summed E-state index contributed by atoms with van der Waals surface area (Å²) in [5, 5.41) is 6.57. The molecule has 3 aromatic rings. The standard InChI is InChI=1S/C21H26N4O2S/c1-5-12(2)9-16-13(3)28-21-18(16)20(27)24-17(25-21)11-23-15-8-6-7-14(10-15)19(26)22-4/h6-8,10,12,23H,5,9,11H2,1-4H3,(H,22,26)(H,24,25,27)/t12-/m0/s1. The summed E-state index contributed by atoms with van der Waals surface area (Å²) < 4.78 is 0. The van der Waals surface area contributed by atoms with Crippen LogP contribution in [-0.2, 0) is 13.0 Å². The first-order valence-corrected chi connectivity index (χ1v) is 10.3. The van der Waals surface area contributed by atoms with Crippen LogP contribution in [0.2, 0.25) is 0 Å². The van der Waals surface area contributed by atoms with Crippen molar-refractivity contribution in [2.75, 3.05) is 12.4 Å². The zero-order chi connectivity index (χ0) is 20.3. The summed E-state index contributed by atoms with van der Waals surface area (Å²) >= 11 is 1.58. The third-order valence-corrected chi connectivity index (χ3v) is 6.01. The normalized spacial score (nSPS) is 12.1. The molecule has 0 aliphatic rings. The van der Waals surface area contributed by atoms with Crippen molar-refractivity contribution >= 4 is 33.1 Å². The second kappa shape index (κ2) is 8.56. The fraction of sp³-hybridized carbons (Fsp3) is 0.381. The molecule has 28 heavy (non-hydrogen) atoms. The van der Waals surface area contributed by atoms with Gasteiger partial charge in [0.05, 0.1) is 11.9 Å². The van der Waals surface area contributed by atoms with E-state index in [1.54, 1.807) is 30.5 Å². The lowest BCUT2D eigenvalue weighted by molar-refractivity contribution is 0.0963. The van der Waals surface area contributed by atoms with E-state index in [1.807, 2.05) is 12.1 Å². The molecule has 3 rings (SSSR count). The number of fused-ring (bicyclic) bond motifs is 1. The summed E-state index contributed by atoms with van der Waals surface area (Å²) in [4.78, 5) is 34.0. The molecule has 0 saturated carbocycles. The first-order chi connectivity index (χ1) is 13.4. The van der Waals surface area contributed by atoms with Gasteiger partial charge in [-0.2, -0.15) is 0 Å². The van der Waals surface area contributed by atoms with E-state index in [1.165, 1.54) is 0 Å². The van der Waals surface area contributed by atoms with Gasteiger partial charge >= 0.3 is 0 Å². The number of nitrogens with one attached hydrogen (secondary N) is 3. The molecule has 6 nitrogen and oxygen atoms in total. The van der Waals surface area contributed by atoms with Crippen molar-refractivity contribution in [3.8, 4) is 0 Å². The number of carbonyl (C=O) groups is 1. The number of nitrogens with zero attached hydrogens (tertiary/aromatic N) is 1. The van der Waals surface area contributed by atoms with Gasteiger partial charge in [-0.25, -0.2) is 4.98 Å². The van der Waals surface area contributed by atoms with Gasteiger partial charge in [-0.1, -0.05) is 26.3 Å². The van der Waals surface area contributed by atoms with Crippen LogP contribution in [0.4, 0.5) is 5.69 Å². The van der Waals surface area contributed by atoms with E-state index in [0.717, 1.165) is 39.2 Å². The minimum absolute atomic E-state index is 0.0800. The molecule has 0 aliphatic heterocycles. The summed E-state index contributed by atoms with van der Waals surface area (Å²) in [6.45, 7) is 6.81. The maximum absolute atomic E-state index is 12.7. The first kappa shape index (κ1) is 20.1. The van der Waals surface area contributed by atoms with Gasteiger partial charge in [0.1, 0.15) is 10.7 Å². The number of benzene rings is 1. The minimum atomic E-state index is -0.139. The van der Waals surface area contributed by atoms with E-state index < -0.39 is 0 Å². The molecule has 2 heterocycles. The van der Waals surface area contributed by atoms with E-state index in [0.29, 0.717) is 23.9 Å². The van der Waals surface area contributed by atoms with Crippen molar-refractivity contribution in [2.24, 2.45) is 5.92 Å². The number of amides is 1. The van der Waals surface area contributed by atoms with Crippen molar-refractivity contribution in [2.45, 2.75) is 40.2 Å².